The molecule has 0 bridgehead atoms. The molecule has 3 rings (SSSR count). The molecular weight excluding hydrogens is 279 g/mol. The van der Waals surface area contributed by atoms with Crippen LogP contribution in [0.15, 0.2) is 30.3 Å². The van der Waals surface area contributed by atoms with Gasteiger partial charge in [0, 0.05) is 10.2 Å². The molecule has 0 spiro atoms. The highest BCUT2D eigenvalue weighted by molar-refractivity contribution is 9.09. The van der Waals surface area contributed by atoms with Crippen LogP contribution in [0.1, 0.15) is 36.2 Å². The fraction of sp³-hybridized carbons (Fsp3) is 0.333. The van der Waals surface area contributed by atoms with Crippen LogP contribution in [0.4, 0.5) is 4.39 Å². The number of hydrogen-bond acceptors (Lipinski definition) is 0. The Bertz CT molecular complexity index is 601. The maximum absolute atomic E-state index is 14.0. The molecule has 1 unspecified atom stereocenters. The molecule has 0 nitrogen and oxygen atoms in total. The van der Waals surface area contributed by atoms with E-state index in [1.54, 1.807) is 6.07 Å². The minimum atomic E-state index is -0.110. The van der Waals surface area contributed by atoms with Crippen molar-refractivity contribution >= 4 is 26.7 Å². The lowest BCUT2D eigenvalue weighted by Gasteiger charge is -2.21. The van der Waals surface area contributed by atoms with E-state index in [2.05, 4.69) is 29.8 Å². The van der Waals surface area contributed by atoms with Gasteiger partial charge < -0.3 is 0 Å². The van der Waals surface area contributed by atoms with Crippen LogP contribution in [0.5, 0.6) is 0 Å². The molecule has 88 valence electrons. The molecule has 2 aromatic rings. The van der Waals surface area contributed by atoms with Crippen molar-refractivity contribution in [3.05, 3.63) is 47.3 Å². The Balaban J connectivity index is 2.47. The minimum absolute atomic E-state index is 0.108. The summed E-state index contributed by atoms with van der Waals surface area (Å²) in [6, 6.07) is 9.48. The highest BCUT2D eigenvalue weighted by Crippen LogP contribution is 2.51. The summed E-state index contributed by atoms with van der Waals surface area (Å²) in [6.07, 6.45) is 1.02. The van der Waals surface area contributed by atoms with Crippen molar-refractivity contribution in [1.82, 2.24) is 0 Å². The van der Waals surface area contributed by atoms with E-state index >= 15 is 0 Å². The van der Waals surface area contributed by atoms with Gasteiger partial charge in [-0.25, -0.2) is 4.39 Å². The van der Waals surface area contributed by atoms with Gasteiger partial charge >= 0.3 is 0 Å². The van der Waals surface area contributed by atoms with Crippen LogP contribution in [0, 0.1) is 5.82 Å². The van der Waals surface area contributed by atoms with Crippen molar-refractivity contribution in [2.24, 2.45) is 0 Å². The van der Waals surface area contributed by atoms with Gasteiger partial charge in [-0.15, -0.1) is 0 Å². The van der Waals surface area contributed by atoms with E-state index in [0.29, 0.717) is 0 Å². The number of halogens is 2. The minimum Gasteiger partial charge on any atom is -0.206 e. The van der Waals surface area contributed by atoms with E-state index in [1.807, 2.05) is 24.3 Å². The third-order valence-electron chi connectivity index (χ3n) is 3.73. The number of rotatable bonds is 0. The largest absolute Gasteiger partial charge is 0.206 e. The Morgan fingerprint density at radius 1 is 1.24 bits per heavy atom. The number of alkyl halides is 1. The second-order valence-electron chi connectivity index (χ2n) is 5.42. The van der Waals surface area contributed by atoms with Crippen LogP contribution in [-0.4, -0.2) is 0 Å². The van der Waals surface area contributed by atoms with Gasteiger partial charge in [0.05, 0.1) is 0 Å². The summed E-state index contributed by atoms with van der Waals surface area (Å²) in [5, 5.41) is 1.80. The molecule has 0 aliphatic heterocycles. The molecule has 0 N–H and O–H groups in total. The highest BCUT2D eigenvalue weighted by atomic mass is 79.9. The number of benzene rings is 2. The summed E-state index contributed by atoms with van der Waals surface area (Å²) in [5.74, 6) is -0.110. The second kappa shape index (κ2) is 3.55. The van der Waals surface area contributed by atoms with Crippen LogP contribution in [0.3, 0.4) is 0 Å². The second-order valence-corrected chi connectivity index (χ2v) is 6.53. The van der Waals surface area contributed by atoms with Crippen molar-refractivity contribution < 1.29 is 4.39 Å². The normalized spacial score (nSPS) is 21.8. The highest BCUT2D eigenvalue weighted by Gasteiger charge is 2.37. The molecule has 2 aromatic carbocycles. The van der Waals surface area contributed by atoms with E-state index in [-0.39, 0.29) is 16.1 Å². The van der Waals surface area contributed by atoms with Crippen molar-refractivity contribution in [1.29, 1.82) is 0 Å². The standard InChI is InChI=1S/C15H14BrF/c1-15(2)8-12(16)11-7-13(17)9-5-3-4-6-10(9)14(11)15/h3-7,12H,8H2,1-2H3. The molecule has 1 aliphatic carbocycles. The zero-order chi connectivity index (χ0) is 12.2. The zero-order valence-corrected chi connectivity index (χ0v) is 11.5. The summed E-state index contributed by atoms with van der Waals surface area (Å²) in [6.45, 7) is 4.47. The van der Waals surface area contributed by atoms with Gasteiger partial charge in [0.2, 0.25) is 0 Å². The molecular formula is C15H14BrF. The Morgan fingerprint density at radius 2 is 1.88 bits per heavy atom. The average Bonchev–Trinajstić information content (AvgIpc) is 2.49. The Labute approximate surface area is 109 Å². The average molecular weight is 293 g/mol. The van der Waals surface area contributed by atoms with E-state index in [0.717, 1.165) is 22.8 Å². The fourth-order valence-electron chi connectivity index (χ4n) is 3.01. The smallest absolute Gasteiger partial charge is 0.131 e. The Hall–Kier alpha value is -0.890. The Kier molecular flexibility index (Phi) is 2.34. The van der Waals surface area contributed by atoms with E-state index in [9.17, 15) is 4.39 Å². The summed E-state index contributed by atoms with van der Waals surface area (Å²) >= 11 is 3.67. The molecule has 0 fully saturated rings. The van der Waals surface area contributed by atoms with E-state index in [4.69, 9.17) is 0 Å². The van der Waals surface area contributed by atoms with Gasteiger partial charge in [-0.2, -0.15) is 0 Å². The van der Waals surface area contributed by atoms with Gasteiger partial charge in [0.1, 0.15) is 5.82 Å². The van der Waals surface area contributed by atoms with E-state index in [1.165, 1.54) is 5.56 Å². The quantitative estimate of drug-likeness (QED) is 0.593. The van der Waals surface area contributed by atoms with Crippen LogP contribution < -0.4 is 0 Å². The van der Waals surface area contributed by atoms with Crippen molar-refractivity contribution in [2.75, 3.05) is 0 Å². The molecule has 0 saturated carbocycles. The van der Waals surface area contributed by atoms with Gasteiger partial charge in [0.15, 0.2) is 0 Å². The lowest BCUT2D eigenvalue weighted by Crippen LogP contribution is -2.12. The molecule has 1 atom stereocenters. The van der Waals surface area contributed by atoms with Gasteiger partial charge in [0.25, 0.3) is 0 Å². The van der Waals surface area contributed by atoms with Crippen molar-refractivity contribution in [3.63, 3.8) is 0 Å². The third kappa shape index (κ3) is 1.54. The Morgan fingerprint density at radius 3 is 2.59 bits per heavy atom. The molecule has 1 aliphatic rings. The lowest BCUT2D eigenvalue weighted by atomic mass is 9.83. The van der Waals surface area contributed by atoms with Crippen LogP contribution in [0.2, 0.25) is 0 Å². The van der Waals surface area contributed by atoms with Crippen LogP contribution in [-0.2, 0) is 5.41 Å². The van der Waals surface area contributed by atoms with Crippen molar-refractivity contribution in [2.45, 2.75) is 30.5 Å². The fourth-order valence-corrected chi connectivity index (χ4v) is 4.18. The zero-order valence-electron chi connectivity index (χ0n) is 9.93. The topological polar surface area (TPSA) is 0 Å². The molecule has 17 heavy (non-hydrogen) atoms. The SMILES string of the molecule is CC1(C)CC(Br)c2cc(F)c3ccccc3c21. The van der Waals surface area contributed by atoms with Crippen LogP contribution >= 0.6 is 15.9 Å². The maximum Gasteiger partial charge on any atom is 0.131 e. The molecule has 0 radical (unpaired) electrons. The predicted octanol–water partition coefficient (Wildman–Crippen LogP) is 5.10. The molecule has 0 saturated heterocycles. The van der Waals surface area contributed by atoms with Gasteiger partial charge in [-0.3, -0.25) is 0 Å². The summed E-state index contributed by atoms with van der Waals surface area (Å²) in [4.78, 5) is 0.270. The van der Waals surface area contributed by atoms with Crippen LogP contribution in [0.25, 0.3) is 10.8 Å². The molecule has 0 heterocycles. The first-order valence-corrected chi connectivity index (χ1v) is 6.78. The first-order chi connectivity index (χ1) is 8.00. The summed E-state index contributed by atoms with van der Waals surface area (Å²) in [7, 11) is 0. The van der Waals surface area contributed by atoms with Gasteiger partial charge in [-0.1, -0.05) is 54.0 Å². The van der Waals surface area contributed by atoms with E-state index < -0.39 is 0 Å². The number of hydrogen-bond donors (Lipinski definition) is 0. The first kappa shape index (κ1) is 11.2. The van der Waals surface area contributed by atoms with Crippen molar-refractivity contribution in [3.8, 4) is 0 Å². The lowest BCUT2D eigenvalue weighted by molar-refractivity contribution is 0.524. The predicted molar refractivity (Wildman–Crippen MR) is 73.2 cm³/mol. The number of fused-ring (bicyclic) bond motifs is 3. The monoisotopic (exact) mass is 292 g/mol. The summed E-state index contributed by atoms with van der Waals surface area (Å²) < 4.78 is 14.0. The third-order valence-corrected chi connectivity index (χ3v) is 4.55. The maximum atomic E-state index is 14.0. The molecule has 2 heteroatoms. The van der Waals surface area contributed by atoms with Gasteiger partial charge in [-0.05, 0) is 34.4 Å². The summed E-state index contributed by atoms with van der Waals surface area (Å²) in [5.41, 5.74) is 2.53. The first-order valence-electron chi connectivity index (χ1n) is 5.86. The molecule has 0 aromatic heterocycles. The molecule has 0 amide bonds.